The molecule has 1 aromatic carbocycles. The summed E-state index contributed by atoms with van der Waals surface area (Å²) < 4.78 is 13.5. The van der Waals surface area contributed by atoms with E-state index in [1.165, 1.54) is 11.3 Å². The molecule has 1 amide bonds. The maximum Gasteiger partial charge on any atom is 0.248 e. The van der Waals surface area contributed by atoms with Gasteiger partial charge in [0.25, 0.3) is 0 Å². The number of nitrogens with zero attached hydrogens (tertiary/aromatic N) is 2. The smallest absolute Gasteiger partial charge is 0.248 e. The molecule has 2 rings (SSSR count). The molecular formula is C15H20N2O3S. The molecule has 0 saturated heterocycles. The van der Waals surface area contributed by atoms with Gasteiger partial charge in [-0.25, -0.2) is 0 Å². The molecule has 0 unspecified atom stereocenters. The van der Waals surface area contributed by atoms with Crippen LogP contribution in [0.2, 0.25) is 0 Å². The third-order valence-electron chi connectivity index (χ3n) is 3.28. The molecule has 0 spiro atoms. The first-order chi connectivity index (χ1) is 10.1. The molecular weight excluding hydrogens is 288 g/mol. The van der Waals surface area contributed by atoms with Gasteiger partial charge < -0.3 is 14.0 Å². The molecule has 0 radical (unpaired) electrons. The number of carbonyl (C=O) groups excluding carboxylic acids is 1. The highest BCUT2D eigenvalue weighted by Gasteiger charge is 2.11. The Kier molecular flexibility index (Phi) is 5.01. The summed E-state index contributed by atoms with van der Waals surface area (Å²) in [5.41, 5.74) is 0.972. The molecule has 5 nitrogen and oxygen atoms in total. The van der Waals surface area contributed by atoms with Crippen LogP contribution in [-0.2, 0) is 11.8 Å². The molecule has 0 atom stereocenters. The van der Waals surface area contributed by atoms with Crippen molar-refractivity contribution in [1.82, 2.24) is 4.57 Å². The van der Waals surface area contributed by atoms with Crippen LogP contribution < -0.4 is 14.3 Å². The third-order valence-corrected chi connectivity index (χ3v) is 4.37. The van der Waals surface area contributed by atoms with Crippen molar-refractivity contribution in [2.45, 2.75) is 26.2 Å². The summed E-state index contributed by atoms with van der Waals surface area (Å²) in [6.07, 6.45) is 2.37. The fraction of sp³-hybridized carbons (Fsp3) is 0.467. The number of aromatic nitrogens is 1. The van der Waals surface area contributed by atoms with Crippen LogP contribution in [0, 0.1) is 0 Å². The highest BCUT2D eigenvalue weighted by atomic mass is 32.1. The zero-order valence-electron chi connectivity index (χ0n) is 12.8. The summed E-state index contributed by atoms with van der Waals surface area (Å²) in [7, 11) is 5.11. The number of thiazole rings is 1. The summed E-state index contributed by atoms with van der Waals surface area (Å²) in [4.78, 5) is 16.7. The van der Waals surface area contributed by atoms with E-state index in [2.05, 4.69) is 11.9 Å². The number of aryl methyl sites for hydroxylation is 1. The van der Waals surface area contributed by atoms with E-state index in [0.29, 0.717) is 22.7 Å². The topological polar surface area (TPSA) is 52.8 Å². The van der Waals surface area contributed by atoms with E-state index in [4.69, 9.17) is 9.47 Å². The zero-order chi connectivity index (χ0) is 15.4. The van der Waals surface area contributed by atoms with E-state index in [1.54, 1.807) is 14.2 Å². The number of carbonyl (C=O) groups is 1. The van der Waals surface area contributed by atoms with Crippen LogP contribution in [0.4, 0.5) is 0 Å². The summed E-state index contributed by atoms with van der Waals surface area (Å²) in [5.74, 6) is 1.27. The highest BCUT2D eigenvalue weighted by Crippen LogP contribution is 2.32. The second-order valence-corrected chi connectivity index (χ2v) is 5.74. The van der Waals surface area contributed by atoms with E-state index in [9.17, 15) is 4.79 Å². The lowest BCUT2D eigenvalue weighted by molar-refractivity contribution is -0.118. The first kappa shape index (κ1) is 15.6. The molecule has 6 heteroatoms. The number of rotatable bonds is 5. The predicted molar refractivity (Wildman–Crippen MR) is 84.0 cm³/mol. The van der Waals surface area contributed by atoms with Gasteiger partial charge in [0.1, 0.15) is 0 Å². The first-order valence-electron chi connectivity index (χ1n) is 6.89. The number of hydrogen-bond donors (Lipinski definition) is 0. The van der Waals surface area contributed by atoms with Crippen LogP contribution in [-0.4, -0.2) is 24.7 Å². The second kappa shape index (κ2) is 6.76. The van der Waals surface area contributed by atoms with Crippen molar-refractivity contribution in [3.8, 4) is 11.5 Å². The molecule has 0 aliphatic rings. The van der Waals surface area contributed by atoms with Gasteiger partial charge >= 0.3 is 0 Å². The van der Waals surface area contributed by atoms with Crippen LogP contribution in [0.1, 0.15) is 26.2 Å². The van der Waals surface area contributed by atoms with Crippen molar-refractivity contribution in [1.29, 1.82) is 0 Å². The average molecular weight is 308 g/mol. The quantitative estimate of drug-likeness (QED) is 0.853. The lowest BCUT2D eigenvalue weighted by atomic mass is 10.2. The first-order valence-corrected chi connectivity index (χ1v) is 7.71. The van der Waals surface area contributed by atoms with Gasteiger partial charge in [-0.1, -0.05) is 24.7 Å². The fourth-order valence-electron chi connectivity index (χ4n) is 2.05. The molecule has 1 heterocycles. The molecule has 0 bridgehead atoms. The van der Waals surface area contributed by atoms with Crippen LogP contribution in [0.25, 0.3) is 10.2 Å². The Morgan fingerprint density at radius 2 is 1.95 bits per heavy atom. The van der Waals surface area contributed by atoms with Crippen molar-refractivity contribution in [2.24, 2.45) is 12.0 Å². The van der Waals surface area contributed by atoms with Gasteiger partial charge in [0.15, 0.2) is 16.3 Å². The summed E-state index contributed by atoms with van der Waals surface area (Å²) in [5, 5.41) is 0. The summed E-state index contributed by atoms with van der Waals surface area (Å²) in [6.45, 7) is 2.06. The lowest BCUT2D eigenvalue weighted by Gasteiger charge is -2.07. The number of ether oxygens (including phenoxy) is 2. The molecule has 0 N–H and O–H groups in total. The number of methoxy groups -OCH3 is 2. The molecule has 0 saturated carbocycles. The maximum absolute atomic E-state index is 11.8. The Balaban J connectivity index is 2.50. The number of amides is 1. The monoisotopic (exact) mass is 308 g/mol. The third kappa shape index (κ3) is 3.26. The van der Waals surface area contributed by atoms with E-state index in [-0.39, 0.29) is 5.91 Å². The van der Waals surface area contributed by atoms with Gasteiger partial charge in [-0.15, -0.1) is 0 Å². The average Bonchev–Trinajstić information content (AvgIpc) is 2.79. The van der Waals surface area contributed by atoms with Crippen molar-refractivity contribution in [3.63, 3.8) is 0 Å². The van der Waals surface area contributed by atoms with E-state index >= 15 is 0 Å². The molecule has 0 aliphatic heterocycles. The van der Waals surface area contributed by atoms with Gasteiger partial charge in [-0.2, -0.15) is 4.99 Å². The Morgan fingerprint density at radius 3 is 2.57 bits per heavy atom. The van der Waals surface area contributed by atoms with Crippen molar-refractivity contribution < 1.29 is 14.3 Å². The van der Waals surface area contributed by atoms with Gasteiger partial charge in [-0.05, 0) is 6.42 Å². The lowest BCUT2D eigenvalue weighted by Crippen LogP contribution is -2.13. The van der Waals surface area contributed by atoms with Gasteiger partial charge in [-0.3, -0.25) is 4.79 Å². The normalized spacial score (nSPS) is 11.9. The van der Waals surface area contributed by atoms with Crippen LogP contribution in [0.5, 0.6) is 11.5 Å². The summed E-state index contributed by atoms with van der Waals surface area (Å²) in [6, 6.07) is 3.81. The predicted octanol–water partition coefficient (Wildman–Crippen LogP) is 2.87. The van der Waals surface area contributed by atoms with Crippen LogP contribution >= 0.6 is 11.3 Å². The van der Waals surface area contributed by atoms with E-state index in [0.717, 1.165) is 23.1 Å². The molecule has 0 aliphatic carbocycles. The minimum absolute atomic E-state index is 0.0714. The Labute approximate surface area is 127 Å². The van der Waals surface area contributed by atoms with Gasteiger partial charge in [0.2, 0.25) is 5.91 Å². The van der Waals surface area contributed by atoms with Gasteiger partial charge in [0.05, 0.1) is 24.4 Å². The van der Waals surface area contributed by atoms with Crippen molar-refractivity contribution >= 4 is 27.5 Å². The second-order valence-electron chi connectivity index (χ2n) is 4.73. The largest absolute Gasteiger partial charge is 0.493 e. The molecule has 1 aromatic heterocycles. The Bertz CT molecular complexity index is 716. The molecule has 114 valence electrons. The Hall–Kier alpha value is -1.82. The number of benzene rings is 1. The minimum atomic E-state index is -0.0714. The summed E-state index contributed by atoms with van der Waals surface area (Å²) >= 11 is 1.47. The van der Waals surface area contributed by atoms with Crippen LogP contribution in [0.3, 0.4) is 0 Å². The number of fused-ring (bicyclic) bond motifs is 1. The van der Waals surface area contributed by atoms with Crippen molar-refractivity contribution in [3.05, 3.63) is 16.9 Å². The number of hydrogen-bond acceptors (Lipinski definition) is 4. The van der Waals surface area contributed by atoms with E-state index < -0.39 is 0 Å². The minimum Gasteiger partial charge on any atom is -0.493 e. The van der Waals surface area contributed by atoms with Gasteiger partial charge in [0, 0.05) is 25.6 Å². The fourth-order valence-corrected chi connectivity index (χ4v) is 3.10. The molecule has 0 fully saturated rings. The van der Waals surface area contributed by atoms with Crippen molar-refractivity contribution in [2.75, 3.05) is 14.2 Å². The molecule has 21 heavy (non-hydrogen) atoms. The Morgan fingerprint density at radius 1 is 1.29 bits per heavy atom. The van der Waals surface area contributed by atoms with E-state index in [1.807, 2.05) is 23.7 Å². The standard InChI is InChI=1S/C15H20N2O3S/c1-5-6-7-14(18)16-15-17(2)10-8-11(19-3)12(20-4)9-13(10)21-15/h8-9H,5-7H2,1-4H3. The number of unbranched alkanes of at least 4 members (excludes halogenated alkanes) is 1. The van der Waals surface area contributed by atoms with Crippen LogP contribution in [0.15, 0.2) is 17.1 Å². The SMILES string of the molecule is CCCCC(=O)N=c1sc2cc(OC)c(OC)cc2n1C. The zero-order valence-corrected chi connectivity index (χ0v) is 13.6. The highest BCUT2D eigenvalue weighted by molar-refractivity contribution is 7.16. The molecule has 2 aromatic rings. The maximum atomic E-state index is 11.8.